The van der Waals surface area contributed by atoms with Crippen molar-refractivity contribution in [2.24, 2.45) is 0 Å². The van der Waals surface area contributed by atoms with Crippen molar-refractivity contribution >= 4 is 33.2 Å². The van der Waals surface area contributed by atoms with Gasteiger partial charge in [-0.25, -0.2) is 13.1 Å². The van der Waals surface area contributed by atoms with Crippen molar-refractivity contribution in [3.05, 3.63) is 59.1 Å². The van der Waals surface area contributed by atoms with E-state index in [-0.39, 0.29) is 10.6 Å². The van der Waals surface area contributed by atoms with Crippen LogP contribution in [-0.2, 0) is 21.0 Å². The second-order valence-corrected chi connectivity index (χ2v) is 7.11. The standard InChI is InChI=1S/C15H12ClF3N2O3S/c16-11-4-6-13(7-5-11)25(23,24)20-9-14(22)21-12-3-1-2-10(8-12)15(17,18)19/h1-8,20H,9H2,(H,21,22). The molecule has 0 aromatic heterocycles. The Morgan fingerprint density at radius 3 is 2.32 bits per heavy atom. The summed E-state index contributed by atoms with van der Waals surface area (Å²) in [4.78, 5) is 11.7. The first-order valence-corrected chi connectivity index (χ1v) is 8.66. The van der Waals surface area contributed by atoms with Gasteiger partial charge in [0.25, 0.3) is 0 Å². The number of sulfonamides is 1. The molecule has 0 atom stereocenters. The minimum absolute atomic E-state index is 0.0921. The smallest absolute Gasteiger partial charge is 0.325 e. The highest BCUT2D eigenvalue weighted by molar-refractivity contribution is 7.89. The summed E-state index contributed by atoms with van der Waals surface area (Å²) in [6.07, 6.45) is -4.54. The van der Waals surface area contributed by atoms with Gasteiger partial charge in [-0.15, -0.1) is 0 Å². The number of carbonyl (C=O) groups is 1. The molecule has 0 fully saturated rings. The number of hydrogen-bond acceptors (Lipinski definition) is 3. The van der Waals surface area contributed by atoms with Crippen molar-refractivity contribution in [2.75, 3.05) is 11.9 Å². The third-order valence-corrected chi connectivity index (χ3v) is 4.69. The summed E-state index contributed by atoms with van der Waals surface area (Å²) in [5.74, 6) is -0.808. The molecule has 2 rings (SSSR count). The van der Waals surface area contributed by atoms with Crippen LogP contribution in [0.5, 0.6) is 0 Å². The van der Waals surface area contributed by atoms with Crippen LogP contribution in [0.15, 0.2) is 53.4 Å². The molecule has 5 nitrogen and oxygen atoms in total. The van der Waals surface area contributed by atoms with E-state index in [0.717, 1.165) is 18.2 Å². The van der Waals surface area contributed by atoms with Gasteiger partial charge in [-0.05, 0) is 42.5 Å². The second kappa shape index (κ2) is 7.42. The average Bonchev–Trinajstić information content (AvgIpc) is 2.53. The summed E-state index contributed by atoms with van der Waals surface area (Å²) in [6.45, 7) is -0.638. The molecule has 1 amide bonds. The second-order valence-electron chi connectivity index (χ2n) is 4.91. The predicted octanol–water partition coefficient (Wildman–Crippen LogP) is 3.28. The minimum atomic E-state index is -4.54. The molecule has 0 bridgehead atoms. The number of rotatable bonds is 5. The van der Waals surface area contributed by atoms with E-state index in [0.29, 0.717) is 5.02 Å². The number of benzene rings is 2. The summed E-state index contributed by atoms with van der Waals surface area (Å²) in [5.41, 5.74) is -1.02. The maximum absolute atomic E-state index is 12.6. The van der Waals surface area contributed by atoms with Crippen molar-refractivity contribution in [3.8, 4) is 0 Å². The molecule has 2 aromatic rings. The molecule has 2 N–H and O–H groups in total. The number of anilines is 1. The van der Waals surface area contributed by atoms with Crippen LogP contribution >= 0.6 is 11.6 Å². The van der Waals surface area contributed by atoms with Crippen molar-refractivity contribution in [2.45, 2.75) is 11.1 Å². The van der Waals surface area contributed by atoms with Crippen molar-refractivity contribution in [3.63, 3.8) is 0 Å². The lowest BCUT2D eigenvalue weighted by molar-refractivity contribution is -0.137. The van der Waals surface area contributed by atoms with Crippen molar-refractivity contribution in [1.29, 1.82) is 0 Å². The van der Waals surface area contributed by atoms with Gasteiger partial charge in [0.2, 0.25) is 15.9 Å². The molecule has 0 radical (unpaired) electrons. The van der Waals surface area contributed by atoms with Gasteiger partial charge in [-0.1, -0.05) is 17.7 Å². The predicted molar refractivity (Wildman–Crippen MR) is 86.7 cm³/mol. The van der Waals surface area contributed by atoms with Crippen LogP contribution in [0.4, 0.5) is 18.9 Å². The molecule has 0 aliphatic carbocycles. The van der Waals surface area contributed by atoms with E-state index < -0.39 is 34.2 Å². The zero-order valence-corrected chi connectivity index (χ0v) is 14.0. The van der Waals surface area contributed by atoms with Crippen LogP contribution in [0.25, 0.3) is 0 Å². The molecule has 2 aromatic carbocycles. The quantitative estimate of drug-likeness (QED) is 0.820. The fourth-order valence-corrected chi connectivity index (χ4v) is 2.94. The lowest BCUT2D eigenvalue weighted by Gasteiger charge is -2.10. The third-order valence-electron chi connectivity index (χ3n) is 3.02. The Balaban J connectivity index is 2.00. The summed E-state index contributed by atoms with van der Waals surface area (Å²) >= 11 is 5.66. The Hall–Kier alpha value is -2.10. The molecular formula is C15H12ClF3N2O3S. The summed E-state index contributed by atoms with van der Waals surface area (Å²) < 4.78 is 63.9. The molecule has 134 valence electrons. The Morgan fingerprint density at radius 2 is 1.72 bits per heavy atom. The molecule has 25 heavy (non-hydrogen) atoms. The van der Waals surface area contributed by atoms with Crippen molar-refractivity contribution in [1.82, 2.24) is 4.72 Å². The monoisotopic (exact) mass is 392 g/mol. The Morgan fingerprint density at radius 1 is 1.08 bits per heavy atom. The fourth-order valence-electron chi connectivity index (χ4n) is 1.84. The number of alkyl halides is 3. The van der Waals surface area contributed by atoms with Crippen LogP contribution in [0.3, 0.4) is 0 Å². The van der Waals surface area contributed by atoms with E-state index in [4.69, 9.17) is 11.6 Å². The maximum atomic E-state index is 12.6. The zero-order valence-electron chi connectivity index (χ0n) is 12.5. The Kier molecular flexibility index (Phi) is 5.71. The highest BCUT2D eigenvalue weighted by atomic mass is 35.5. The van der Waals surface area contributed by atoms with Gasteiger partial charge in [-0.2, -0.15) is 13.2 Å². The molecule has 0 aliphatic rings. The van der Waals surface area contributed by atoms with Crippen LogP contribution in [-0.4, -0.2) is 20.9 Å². The van der Waals surface area contributed by atoms with E-state index in [2.05, 4.69) is 10.0 Å². The van der Waals surface area contributed by atoms with Gasteiger partial charge in [0.15, 0.2) is 0 Å². The first kappa shape index (κ1) is 19.2. The fraction of sp³-hybridized carbons (Fsp3) is 0.133. The Labute approximate surface area is 146 Å². The Bertz CT molecular complexity index is 868. The first-order valence-electron chi connectivity index (χ1n) is 6.80. The van der Waals surface area contributed by atoms with Crippen LogP contribution in [0.1, 0.15) is 5.56 Å². The summed E-state index contributed by atoms with van der Waals surface area (Å²) in [5, 5.41) is 2.55. The number of halogens is 4. The molecule has 0 aliphatic heterocycles. The molecule has 0 saturated carbocycles. The van der Waals surface area contributed by atoms with Gasteiger partial charge < -0.3 is 5.32 Å². The number of amides is 1. The van der Waals surface area contributed by atoms with Crippen LogP contribution < -0.4 is 10.0 Å². The molecule has 10 heteroatoms. The van der Waals surface area contributed by atoms with Crippen LogP contribution in [0.2, 0.25) is 5.02 Å². The first-order chi connectivity index (χ1) is 11.6. The summed E-state index contributed by atoms with van der Waals surface area (Å²) in [6, 6.07) is 9.28. The van der Waals surface area contributed by atoms with Gasteiger partial charge >= 0.3 is 6.18 Å². The lowest BCUT2D eigenvalue weighted by Crippen LogP contribution is -2.32. The molecule has 0 spiro atoms. The molecule has 0 heterocycles. The van der Waals surface area contributed by atoms with E-state index in [1.807, 2.05) is 0 Å². The van der Waals surface area contributed by atoms with E-state index in [1.54, 1.807) is 0 Å². The number of carbonyl (C=O) groups excluding carboxylic acids is 1. The van der Waals surface area contributed by atoms with Crippen molar-refractivity contribution < 1.29 is 26.4 Å². The van der Waals surface area contributed by atoms with Crippen LogP contribution in [0, 0.1) is 0 Å². The van der Waals surface area contributed by atoms with Gasteiger partial charge in [0.05, 0.1) is 17.0 Å². The molecule has 0 unspecified atom stereocenters. The largest absolute Gasteiger partial charge is 0.416 e. The zero-order chi connectivity index (χ0) is 18.7. The average molecular weight is 393 g/mol. The number of nitrogens with one attached hydrogen (secondary N) is 2. The van der Waals surface area contributed by atoms with E-state index >= 15 is 0 Å². The third kappa shape index (κ3) is 5.45. The van der Waals surface area contributed by atoms with Gasteiger partial charge in [0, 0.05) is 10.7 Å². The van der Waals surface area contributed by atoms with Gasteiger partial charge in [0.1, 0.15) is 0 Å². The molecular weight excluding hydrogens is 381 g/mol. The lowest BCUT2D eigenvalue weighted by atomic mass is 10.2. The highest BCUT2D eigenvalue weighted by Crippen LogP contribution is 2.30. The number of hydrogen-bond donors (Lipinski definition) is 2. The van der Waals surface area contributed by atoms with Gasteiger partial charge in [-0.3, -0.25) is 4.79 Å². The highest BCUT2D eigenvalue weighted by Gasteiger charge is 2.30. The topological polar surface area (TPSA) is 75.3 Å². The maximum Gasteiger partial charge on any atom is 0.416 e. The normalized spacial score (nSPS) is 12.0. The molecule has 0 saturated heterocycles. The van der Waals surface area contributed by atoms with E-state index in [9.17, 15) is 26.4 Å². The van der Waals surface area contributed by atoms with E-state index in [1.165, 1.54) is 30.3 Å². The SMILES string of the molecule is O=C(CNS(=O)(=O)c1ccc(Cl)cc1)Nc1cccc(C(F)(F)F)c1. The summed E-state index contributed by atoms with van der Waals surface area (Å²) in [7, 11) is -3.95. The minimum Gasteiger partial charge on any atom is -0.325 e.